The van der Waals surface area contributed by atoms with E-state index in [1.54, 1.807) is 17.0 Å². The highest BCUT2D eigenvalue weighted by molar-refractivity contribution is 5.79. The molecule has 1 aromatic heterocycles. The zero-order valence-corrected chi connectivity index (χ0v) is 14.6. The molecule has 8 heteroatoms. The van der Waals surface area contributed by atoms with Gasteiger partial charge in [0.25, 0.3) is 5.91 Å². The van der Waals surface area contributed by atoms with Gasteiger partial charge in [0.15, 0.2) is 6.61 Å². The molecule has 0 fully saturated rings. The Labute approximate surface area is 155 Å². The molecule has 0 saturated heterocycles. The van der Waals surface area contributed by atoms with E-state index in [1.807, 2.05) is 6.08 Å². The van der Waals surface area contributed by atoms with Gasteiger partial charge in [0, 0.05) is 17.8 Å². The lowest BCUT2D eigenvalue weighted by Gasteiger charge is -2.27. The van der Waals surface area contributed by atoms with E-state index in [0.29, 0.717) is 5.76 Å². The van der Waals surface area contributed by atoms with Gasteiger partial charge in [0.1, 0.15) is 11.6 Å². The van der Waals surface area contributed by atoms with Crippen LogP contribution in [0, 0.1) is 15.9 Å². The summed E-state index contributed by atoms with van der Waals surface area (Å²) in [5.41, 5.74) is 0.485. The molecule has 0 spiro atoms. The molecule has 0 aliphatic heterocycles. The highest BCUT2D eigenvalue weighted by atomic mass is 19.1. The second-order valence-electron chi connectivity index (χ2n) is 6.16. The molecule has 0 saturated carbocycles. The monoisotopic (exact) mass is 374 g/mol. The van der Waals surface area contributed by atoms with Crippen LogP contribution >= 0.6 is 0 Å². The summed E-state index contributed by atoms with van der Waals surface area (Å²) in [6.07, 6.45) is 7.22. The van der Waals surface area contributed by atoms with Crippen molar-refractivity contribution < 1.29 is 23.3 Å². The van der Waals surface area contributed by atoms with Crippen LogP contribution < -0.4 is 4.74 Å². The molecule has 1 aromatic carbocycles. The SMILES string of the molecule is O=C(COc1cc(F)ccc1[N+](=O)[O-])N(Cc1ccco1)C1=CCCCC1. The number of halogens is 1. The number of benzene rings is 1. The number of ether oxygens (including phenoxy) is 1. The standard InChI is InChI=1S/C19H19FN2O5/c20-14-8-9-17(22(24)25)18(11-14)27-13-19(23)21(12-16-7-4-10-26-16)15-5-2-1-3-6-15/h4-5,7-11H,1-3,6,12-13H2. The number of nitrogens with zero attached hydrogens (tertiary/aromatic N) is 2. The fourth-order valence-electron chi connectivity index (χ4n) is 2.95. The molecule has 3 rings (SSSR count). The average molecular weight is 374 g/mol. The van der Waals surface area contributed by atoms with E-state index in [2.05, 4.69) is 0 Å². The van der Waals surface area contributed by atoms with Crippen LogP contribution in [0.4, 0.5) is 10.1 Å². The molecular weight excluding hydrogens is 355 g/mol. The quantitative estimate of drug-likeness (QED) is 0.536. The minimum absolute atomic E-state index is 0.242. The molecule has 0 N–H and O–H groups in total. The molecule has 142 valence electrons. The van der Waals surface area contributed by atoms with Crippen molar-refractivity contribution in [2.24, 2.45) is 0 Å². The number of hydrogen-bond donors (Lipinski definition) is 0. The van der Waals surface area contributed by atoms with Crippen LogP contribution in [0.15, 0.2) is 52.8 Å². The zero-order chi connectivity index (χ0) is 19.2. The molecular formula is C19H19FN2O5. The van der Waals surface area contributed by atoms with Gasteiger partial charge in [-0.05, 0) is 43.9 Å². The first-order valence-electron chi connectivity index (χ1n) is 8.63. The lowest BCUT2D eigenvalue weighted by molar-refractivity contribution is -0.385. The van der Waals surface area contributed by atoms with Gasteiger partial charge < -0.3 is 14.1 Å². The maximum atomic E-state index is 13.4. The summed E-state index contributed by atoms with van der Waals surface area (Å²) in [6, 6.07) is 6.40. The largest absolute Gasteiger partial charge is 0.477 e. The van der Waals surface area contributed by atoms with Crippen molar-refractivity contribution in [2.45, 2.75) is 32.2 Å². The summed E-state index contributed by atoms with van der Waals surface area (Å²) in [5, 5.41) is 11.1. The van der Waals surface area contributed by atoms with E-state index < -0.39 is 23.0 Å². The minimum atomic E-state index is -0.677. The highest BCUT2D eigenvalue weighted by Crippen LogP contribution is 2.28. The van der Waals surface area contributed by atoms with Crippen LogP contribution in [0.5, 0.6) is 5.75 Å². The van der Waals surface area contributed by atoms with Gasteiger partial charge in [-0.2, -0.15) is 0 Å². The lowest BCUT2D eigenvalue weighted by Crippen LogP contribution is -2.34. The van der Waals surface area contributed by atoms with Crippen molar-refractivity contribution in [3.63, 3.8) is 0 Å². The van der Waals surface area contributed by atoms with E-state index in [0.717, 1.165) is 49.6 Å². The van der Waals surface area contributed by atoms with Gasteiger partial charge in [0.2, 0.25) is 5.75 Å². The normalized spacial score (nSPS) is 13.7. The first-order valence-corrected chi connectivity index (χ1v) is 8.63. The smallest absolute Gasteiger partial charge is 0.311 e. The second kappa shape index (κ2) is 8.48. The maximum absolute atomic E-state index is 13.4. The van der Waals surface area contributed by atoms with Gasteiger partial charge >= 0.3 is 5.69 Å². The van der Waals surface area contributed by atoms with Gasteiger partial charge in [-0.25, -0.2) is 4.39 Å². The summed E-state index contributed by atoms with van der Waals surface area (Å²) in [7, 11) is 0. The zero-order valence-electron chi connectivity index (χ0n) is 14.6. The van der Waals surface area contributed by atoms with Crippen molar-refractivity contribution in [1.29, 1.82) is 0 Å². The molecule has 1 amide bonds. The molecule has 27 heavy (non-hydrogen) atoms. The average Bonchev–Trinajstić information content (AvgIpc) is 3.18. The number of nitro groups is 1. The van der Waals surface area contributed by atoms with Crippen molar-refractivity contribution >= 4 is 11.6 Å². The third-order valence-corrected chi connectivity index (χ3v) is 4.28. The number of carbonyl (C=O) groups is 1. The van der Waals surface area contributed by atoms with E-state index in [1.165, 1.54) is 6.26 Å². The Hall–Kier alpha value is -3.16. The number of nitro benzene ring substituents is 1. The Morgan fingerprint density at radius 2 is 2.19 bits per heavy atom. The van der Waals surface area contributed by atoms with E-state index in [-0.39, 0.29) is 18.2 Å². The Kier molecular flexibility index (Phi) is 5.85. The van der Waals surface area contributed by atoms with Crippen molar-refractivity contribution in [1.82, 2.24) is 4.90 Å². The molecule has 7 nitrogen and oxygen atoms in total. The second-order valence-corrected chi connectivity index (χ2v) is 6.16. The van der Waals surface area contributed by atoms with Crippen molar-refractivity contribution in [3.8, 4) is 5.75 Å². The summed E-state index contributed by atoms with van der Waals surface area (Å²) in [5.74, 6) is -0.709. The van der Waals surface area contributed by atoms with Gasteiger partial charge in [-0.15, -0.1) is 0 Å². The molecule has 2 aromatic rings. The third kappa shape index (κ3) is 4.72. The summed E-state index contributed by atoms with van der Waals surface area (Å²) in [6.45, 7) is -0.200. The topological polar surface area (TPSA) is 85.8 Å². The first-order chi connectivity index (χ1) is 13.0. The summed E-state index contributed by atoms with van der Waals surface area (Å²) in [4.78, 5) is 24.7. The summed E-state index contributed by atoms with van der Waals surface area (Å²) >= 11 is 0. The number of amides is 1. The van der Waals surface area contributed by atoms with E-state index in [9.17, 15) is 19.3 Å². The van der Waals surface area contributed by atoms with Gasteiger partial charge in [0.05, 0.1) is 17.7 Å². The van der Waals surface area contributed by atoms with Crippen molar-refractivity contribution in [2.75, 3.05) is 6.61 Å². The fraction of sp³-hybridized carbons (Fsp3) is 0.316. The molecule has 1 aliphatic carbocycles. The molecule has 0 unspecified atom stereocenters. The number of rotatable bonds is 7. The lowest BCUT2D eigenvalue weighted by atomic mass is 10.0. The minimum Gasteiger partial charge on any atom is -0.477 e. The maximum Gasteiger partial charge on any atom is 0.311 e. The van der Waals surface area contributed by atoms with Gasteiger partial charge in [-0.3, -0.25) is 14.9 Å². The van der Waals surface area contributed by atoms with Crippen LogP contribution in [0.3, 0.4) is 0 Å². The van der Waals surface area contributed by atoms with Crippen LogP contribution in [-0.4, -0.2) is 22.3 Å². The van der Waals surface area contributed by atoms with Crippen LogP contribution in [0.1, 0.15) is 31.4 Å². The molecule has 1 aliphatic rings. The molecule has 1 heterocycles. The predicted molar refractivity (Wildman–Crippen MR) is 94.4 cm³/mol. The fourth-order valence-corrected chi connectivity index (χ4v) is 2.95. The van der Waals surface area contributed by atoms with Crippen molar-refractivity contribution in [3.05, 3.63) is 70.1 Å². The molecule has 0 radical (unpaired) electrons. The Balaban J connectivity index is 1.75. The Morgan fingerprint density at radius 3 is 2.85 bits per heavy atom. The highest BCUT2D eigenvalue weighted by Gasteiger charge is 2.23. The molecule has 0 atom stereocenters. The van der Waals surface area contributed by atoms with Gasteiger partial charge in [-0.1, -0.05) is 6.08 Å². The number of hydrogen-bond acceptors (Lipinski definition) is 5. The van der Waals surface area contributed by atoms with Crippen LogP contribution in [0.2, 0.25) is 0 Å². The number of allylic oxidation sites excluding steroid dienone is 2. The summed E-state index contributed by atoms with van der Waals surface area (Å²) < 4.78 is 24.1. The van der Waals surface area contributed by atoms with E-state index in [4.69, 9.17) is 9.15 Å². The Morgan fingerprint density at radius 1 is 1.33 bits per heavy atom. The Bertz CT molecular complexity index is 848. The predicted octanol–water partition coefficient (Wildman–Crippen LogP) is 4.19. The number of carbonyl (C=O) groups excluding carboxylic acids is 1. The third-order valence-electron chi connectivity index (χ3n) is 4.28. The van der Waals surface area contributed by atoms with Crippen LogP contribution in [-0.2, 0) is 11.3 Å². The first kappa shape index (κ1) is 18.6. The number of furan rings is 1. The van der Waals surface area contributed by atoms with Crippen LogP contribution in [0.25, 0.3) is 0 Å². The molecule has 0 bridgehead atoms. The van der Waals surface area contributed by atoms with E-state index >= 15 is 0 Å².